The quantitative estimate of drug-likeness (QED) is 0.492. The summed E-state index contributed by atoms with van der Waals surface area (Å²) in [4.78, 5) is 0. The van der Waals surface area contributed by atoms with Crippen LogP contribution < -0.4 is 5.19 Å². The highest BCUT2D eigenvalue weighted by molar-refractivity contribution is 6.90. The maximum absolute atomic E-state index is 7.42. The molecule has 1 heteroatoms. The maximum Gasteiger partial charge on any atom is 0.0843 e. The Bertz CT molecular complexity index is 290. The first-order valence-electron chi connectivity index (χ1n) is 4.72. The van der Waals surface area contributed by atoms with Crippen LogP contribution in [0, 0.1) is 0 Å². The zero-order chi connectivity index (χ0) is 9.90. The molecule has 0 unspecified atom stereocenters. The van der Waals surface area contributed by atoms with Gasteiger partial charge < -0.3 is 0 Å². The van der Waals surface area contributed by atoms with E-state index in [0.717, 1.165) is 6.04 Å². The van der Waals surface area contributed by atoms with Crippen molar-refractivity contribution in [1.82, 2.24) is 0 Å². The van der Waals surface area contributed by atoms with Crippen molar-refractivity contribution in [3.63, 3.8) is 0 Å². The van der Waals surface area contributed by atoms with E-state index in [9.17, 15) is 0 Å². The standard InChI is InChI=1S/C11H16Si/c1-4-10-12(2,3)11-8-6-5-7-9-11/h4-9H,1,10H2,2-3H3/i4D. The zero-order valence-electron chi connectivity index (χ0n) is 8.80. The molecule has 0 bridgehead atoms. The average molecular weight is 177 g/mol. The predicted octanol–water partition coefficient (Wildman–Crippen LogP) is 2.79. The van der Waals surface area contributed by atoms with Crippen LogP contribution in [-0.2, 0) is 0 Å². The molecule has 0 N–H and O–H groups in total. The van der Waals surface area contributed by atoms with Gasteiger partial charge in [-0.3, -0.25) is 0 Å². The molecular weight excluding hydrogens is 160 g/mol. The molecule has 0 radical (unpaired) electrons. The van der Waals surface area contributed by atoms with Gasteiger partial charge in [0.25, 0.3) is 0 Å². The topological polar surface area (TPSA) is 0 Å². The molecular formula is C11H16Si. The van der Waals surface area contributed by atoms with Crippen molar-refractivity contribution in [2.24, 2.45) is 0 Å². The third-order valence-corrected chi connectivity index (χ3v) is 5.15. The van der Waals surface area contributed by atoms with Gasteiger partial charge in [-0.05, 0) is 6.04 Å². The SMILES string of the molecule is [2H]C(=C)C[Si](C)(C)c1ccccc1. The van der Waals surface area contributed by atoms with Crippen molar-refractivity contribution in [3.05, 3.63) is 43.0 Å². The molecule has 1 aromatic rings. The Kier molecular flexibility index (Phi) is 2.42. The lowest BCUT2D eigenvalue weighted by Crippen LogP contribution is -2.40. The summed E-state index contributed by atoms with van der Waals surface area (Å²) >= 11 is 0. The highest BCUT2D eigenvalue weighted by atomic mass is 28.3. The van der Waals surface area contributed by atoms with E-state index in [-0.39, 0.29) is 0 Å². The van der Waals surface area contributed by atoms with E-state index in [1.54, 1.807) is 0 Å². The van der Waals surface area contributed by atoms with E-state index in [4.69, 9.17) is 1.37 Å². The number of benzene rings is 1. The molecule has 0 saturated carbocycles. The van der Waals surface area contributed by atoms with Crippen molar-refractivity contribution in [2.75, 3.05) is 0 Å². The molecule has 0 amide bonds. The second kappa shape index (κ2) is 3.72. The highest BCUT2D eigenvalue weighted by Gasteiger charge is 2.20. The summed E-state index contributed by atoms with van der Waals surface area (Å²) in [5, 5.41) is 1.41. The van der Waals surface area contributed by atoms with Crippen molar-refractivity contribution in [2.45, 2.75) is 19.1 Å². The fraction of sp³-hybridized carbons (Fsp3) is 0.273. The molecule has 1 aromatic carbocycles. The van der Waals surface area contributed by atoms with Gasteiger partial charge >= 0.3 is 0 Å². The van der Waals surface area contributed by atoms with Gasteiger partial charge in [0.2, 0.25) is 0 Å². The fourth-order valence-electron chi connectivity index (χ4n) is 1.30. The first-order chi connectivity index (χ1) is 6.02. The first kappa shape index (κ1) is 7.81. The van der Waals surface area contributed by atoms with E-state index in [2.05, 4.69) is 43.9 Å². The van der Waals surface area contributed by atoms with E-state index in [1.165, 1.54) is 5.19 Å². The van der Waals surface area contributed by atoms with Crippen LogP contribution in [0.1, 0.15) is 1.37 Å². The molecule has 0 saturated heterocycles. The second-order valence-corrected chi connectivity index (χ2v) is 8.38. The van der Waals surface area contributed by atoms with E-state index >= 15 is 0 Å². The van der Waals surface area contributed by atoms with Crippen molar-refractivity contribution in [1.29, 1.82) is 0 Å². The summed E-state index contributed by atoms with van der Waals surface area (Å²) in [5.41, 5.74) is 0. The van der Waals surface area contributed by atoms with Gasteiger partial charge in [-0.25, -0.2) is 0 Å². The van der Waals surface area contributed by atoms with Gasteiger partial charge in [0.05, 0.1) is 9.44 Å². The molecule has 0 aliphatic heterocycles. The maximum atomic E-state index is 7.42. The van der Waals surface area contributed by atoms with Gasteiger partial charge in [-0.15, -0.1) is 6.58 Å². The Morgan fingerprint density at radius 2 is 2.00 bits per heavy atom. The normalized spacial score (nSPS) is 12.3. The largest absolute Gasteiger partial charge is 0.103 e. The van der Waals surface area contributed by atoms with Crippen LogP contribution in [0.2, 0.25) is 19.1 Å². The Labute approximate surface area is 77.4 Å². The first-order valence-corrected chi connectivity index (χ1v) is 7.43. The highest BCUT2D eigenvalue weighted by Crippen LogP contribution is 2.09. The molecule has 0 nitrogen and oxygen atoms in total. The summed E-state index contributed by atoms with van der Waals surface area (Å²) in [6.07, 6.45) is 0. The van der Waals surface area contributed by atoms with E-state index in [1.807, 2.05) is 6.07 Å². The summed E-state index contributed by atoms with van der Waals surface area (Å²) in [5.74, 6) is 0. The van der Waals surface area contributed by atoms with Gasteiger partial charge in [0.15, 0.2) is 0 Å². The minimum atomic E-state index is -1.43. The van der Waals surface area contributed by atoms with Crippen molar-refractivity contribution in [3.8, 4) is 0 Å². The van der Waals surface area contributed by atoms with Gasteiger partial charge in [0.1, 0.15) is 0 Å². The Hall–Kier alpha value is -0.823. The van der Waals surface area contributed by atoms with Gasteiger partial charge in [-0.1, -0.05) is 54.7 Å². The Morgan fingerprint density at radius 1 is 1.42 bits per heavy atom. The third kappa shape index (κ3) is 2.08. The molecule has 0 spiro atoms. The van der Waals surface area contributed by atoms with Crippen LogP contribution in [0.25, 0.3) is 0 Å². The van der Waals surface area contributed by atoms with Crippen LogP contribution in [0.3, 0.4) is 0 Å². The smallest absolute Gasteiger partial charge is 0.0843 e. The van der Waals surface area contributed by atoms with Crippen LogP contribution in [0.15, 0.2) is 43.0 Å². The monoisotopic (exact) mass is 177 g/mol. The minimum Gasteiger partial charge on any atom is -0.103 e. The molecule has 0 aliphatic carbocycles. The number of allylic oxidation sites excluding steroid dienone is 1. The molecule has 0 aliphatic rings. The molecule has 0 atom stereocenters. The molecule has 1 rings (SSSR count). The predicted molar refractivity (Wildman–Crippen MR) is 58.6 cm³/mol. The van der Waals surface area contributed by atoms with Crippen molar-refractivity contribution < 1.29 is 1.37 Å². The summed E-state index contributed by atoms with van der Waals surface area (Å²) in [7, 11) is -1.43. The van der Waals surface area contributed by atoms with Crippen LogP contribution in [0.4, 0.5) is 0 Å². The zero-order valence-corrected chi connectivity index (χ0v) is 8.80. The lowest BCUT2D eigenvalue weighted by Gasteiger charge is -2.20. The lowest BCUT2D eigenvalue weighted by atomic mass is 10.4. The Morgan fingerprint density at radius 3 is 2.50 bits per heavy atom. The van der Waals surface area contributed by atoms with Gasteiger partial charge in [0, 0.05) is 0 Å². The summed E-state index contributed by atoms with van der Waals surface area (Å²) in [6, 6.07) is 11.9. The van der Waals surface area contributed by atoms with E-state index in [0.29, 0.717) is 6.05 Å². The summed E-state index contributed by atoms with van der Waals surface area (Å²) < 4.78 is 7.42. The second-order valence-electron chi connectivity index (χ2n) is 3.68. The van der Waals surface area contributed by atoms with Gasteiger partial charge in [-0.2, -0.15) is 0 Å². The average Bonchev–Trinajstić information content (AvgIpc) is 2.04. The lowest BCUT2D eigenvalue weighted by molar-refractivity contribution is 1.54. The third-order valence-electron chi connectivity index (χ3n) is 2.12. The molecule has 0 fully saturated rings. The van der Waals surface area contributed by atoms with Crippen LogP contribution in [-0.4, -0.2) is 8.07 Å². The molecule has 12 heavy (non-hydrogen) atoms. The van der Waals surface area contributed by atoms with Crippen molar-refractivity contribution >= 4 is 13.3 Å². The molecule has 64 valence electrons. The molecule has 0 aromatic heterocycles. The molecule has 0 heterocycles. The number of hydrogen-bond donors (Lipinski definition) is 0. The van der Waals surface area contributed by atoms with Crippen LogP contribution in [0.5, 0.6) is 0 Å². The summed E-state index contributed by atoms with van der Waals surface area (Å²) in [6.45, 7) is 8.23. The van der Waals surface area contributed by atoms with E-state index < -0.39 is 8.07 Å². The number of hydrogen-bond acceptors (Lipinski definition) is 0. The van der Waals surface area contributed by atoms with Crippen LogP contribution >= 0.6 is 0 Å². The number of rotatable bonds is 3. The Balaban J connectivity index is 2.87. The minimum absolute atomic E-state index is 0.556. The fourth-order valence-corrected chi connectivity index (χ4v) is 3.23.